The third kappa shape index (κ3) is 6.58. The number of amides is 1. The first-order valence-electron chi connectivity index (χ1n) is 9.58. The van der Waals surface area contributed by atoms with Crippen LogP contribution in [0.1, 0.15) is 16.7 Å². The lowest BCUT2D eigenvalue weighted by atomic mass is 10.1. The molecule has 1 N–H and O–H groups in total. The molecule has 1 amide bonds. The topological polar surface area (TPSA) is 69.2 Å². The second-order valence-corrected chi connectivity index (χ2v) is 7.53. The first-order chi connectivity index (χ1) is 15.1. The van der Waals surface area contributed by atoms with E-state index in [9.17, 15) is 4.79 Å². The molecular weight excluding hydrogens is 460 g/mol. The summed E-state index contributed by atoms with van der Waals surface area (Å²) >= 11 is 3.46. The van der Waals surface area contributed by atoms with Crippen LogP contribution in [0, 0.1) is 0 Å². The molecule has 31 heavy (non-hydrogen) atoms. The number of methoxy groups -OCH3 is 2. The molecule has 0 spiro atoms. The van der Waals surface area contributed by atoms with Crippen molar-refractivity contribution in [3.8, 4) is 17.2 Å². The van der Waals surface area contributed by atoms with Crippen molar-refractivity contribution in [1.82, 2.24) is 5.43 Å². The van der Waals surface area contributed by atoms with Gasteiger partial charge in [0.2, 0.25) is 5.91 Å². The lowest BCUT2D eigenvalue weighted by Crippen LogP contribution is -2.19. The van der Waals surface area contributed by atoms with Gasteiger partial charge in [-0.15, -0.1) is 0 Å². The fourth-order valence-corrected chi connectivity index (χ4v) is 3.26. The Kier molecular flexibility index (Phi) is 8.06. The van der Waals surface area contributed by atoms with Crippen LogP contribution in [0.2, 0.25) is 0 Å². The van der Waals surface area contributed by atoms with Gasteiger partial charge in [-0.25, -0.2) is 5.43 Å². The molecule has 0 aliphatic heterocycles. The molecule has 0 saturated carbocycles. The molecule has 0 unspecified atom stereocenters. The Bertz CT molecular complexity index is 1050. The normalized spacial score (nSPS) is 10.7. The van der Waals surface area contributed by atoms with Crippen LogP contribution in [0.4, 0.5) is 0 Å². The van der Waals surface area contributed by atoms with Gasteiger partial charge in [-0.1, -0.05) is 52.3 Å². The highest BCUT2D eigenvalue weighted by atomic mass is 79.9. The predicted octanol–water partition coefficient (Wildman–Crippen LogP) is 4.74. The summed E-state index contributed by atoms with van der Waals surface area (Å²) in [5.74, 6) is 1.61. The number of benzene rings is 3. The molecular formula is C24H23BrN2O4. The average molecular weight is 483 g/mol. The van der Waals surface area contributed by atoms with E-state index in [-0.39, 0.29) is 12.3 Å². The van der Waals surface area contributed by atoms with Gasteiger partial charge >= 0.3 is 0 Å². The van der Waals surface area contributed by atoms with Gasteiger partial charge in [0.05, 0.1) is 26.9 Å². The van der Waals surface area contributed by atoms with Crippen LogP contribution < -0.4 is 19.6 Å². The van der Waals surface area contributed by atoms with E-state index in [0.717, 1.165) is 21.2 Å². The van der Waals surface area contributed by atoms with Crippen molar-refractivity contribution in [2.45, 2.75) is 13.0 Å². The number of hydrazone groups is 1. The fraction of sp³-hybridized carbons (Fsp3) is 0.167. The summed E-state index contributed by atoms with van der Waals surface area (Å²) in [7, 11) is 3.13. The highest BCUT2D eigenvalue weighted by Gasteiger charge is 2.08. The highest BCUT2D eigenvalue weighted by molar-refractivity contribution is 9.10. The molecule has 0 aliphatic carbocycles. The second-order valence-electron chi connectivity index (χ2n) is 6.62. The van der Waals surface area contributed by atoms with E-state index >= 15 is 0 Å². The zero-order chi connectivity index (χ0) is 22.1. The Morgan fingerprint density at radius 3 is 2.42 bits per heavy atom. The van der Waals surface area contributed by atoms with Crippen LogP contribution in [0.3, 0.4) is 0 Å². The van der Waals surface area contributed by atoms with Crippen LogP contribution in [0.5, 0.6) is 17.2 Å². The maximum absolute atomic E-state index is 12.3. The van der Waals surface area contributed by atoms with Crippen LogP contribution in [0.15, 0.2) is 76.3 Å². The third-order valence-corrected chi connectivity index (χ3v) is 4.91. The number of carbonyl (C=O) groups is 1. The summed E-state index contributed by atoms with van der Waals surface area (Å²) in [5.41, 5.74) is 5.16. The van der Waals surface area contributed by atoms with Gasteiger partial charge < -0.3 is 14.2 Å². The van der Waals surface area contributed by atoms with E-state index in [1.807, 2.05) is 54.6 Å². The Morgan fingerprint density at radius 2 is 1.68 bits per heavy atom. The van der Waals surface area contributed by atoms with Gasteiger partial charge in [0, 0.05) is 10.0 Å². The third-order valence-electron chi connectivity index (χ3n) is 4.41. The molecule has 160 valence electrons. The Hall–Kier alpha value is -3.32. The van der Waals surface area contributed by atoms with Crippen LogP contribution >= 0.6 is 15.9 Å². The summed E-state index contributed by atoms with van der Waals surface area (Å²) < 4.78 is 17.3. The smallest absolute Gasteiger partial charge is 0.244 e. The lowest BCUT2D eigenvalue weighted by Gasteiger charge is -2.10. The van der Waals surface area contributed by atoms with Gasteiger partial charge in [0.15, 0.2) is 11.5 Å². The fourth-order valence-electron chi connectivity index (χ4n) is 2.88. The van der Waals surface area contributed by atoms with Crippen molar-refractivity contribution in [3.63, 3.8) is 0 Å². The van der Waals surface area contributed by atoms with Crippen molar-refractivity contribution in [2.24, 2.45) is 5.10 Å². The minimum Gasteiger partial charge on any atom is -0.493 e. The summed E-state index contributed by atoms with van der Waals surface area (Å²) in [4.78, 5) is 12.3. The maximum Gasteiger partial charge on any atom is 0.244 e. The number of hydrogen-bond donors (Lipinski definition) is 1. The minimum absolute atomic E-state index is 0.160. The van der Waals surface area contributed by atoms with E-state index < -0.39 is 0 Å². The Labute approximate surface area is 190 Å². The summed E-state index contributed by atoms with van der Waals surface area (Å²) in [6.45, 7) is 0.439. The van der Waals surface area contributed by atoms with Crippen molar-refractivity contribution < 1.29 is 19.0 Å². The quantitative estimate of drug-likeness (QED) is 0.353. The first kappa shape index (κ1) is 22.4. The second kappa shape index (κ2) is 11.2. The number of ether oxygens (including phenoxy) is 3. The van der Waals surface area contributed by atoms with Gasteiger partial charge in [0.25, 0.3) is 0 Å². The molecule has 0 fully saturated rings. The van der Waals surface area contributed by atoms with Crippen molar-refractivity contribution in [1.29, 1.82) is 0 Å². The summed E-state index contributed by atoms with van der Waals surface area (Å²) in [6, 6.07) is 20.9. The number of halogens is 1. The summed E-state index contributed by atoms with van der Waals surface area (Å²) in [5, 5.41) is 4.09. The number of rotatable bonds is 9. The van der Waals surface area contributed by atoms with Gasteiger partial charge in [-0.2, -0.15) is 5.10 Å². The maximum atomic E-state index is 12.3. The molecule has 0 saturated heterocycles. The minimum atomic E-state index is -0.245. The number of nitrogens with zero attached hydrogens (tertiary/aromatic N) is 1. The lowest BCUT2D eigenvalue weighted by molar-refractivity contribution is -0.120. The van der Waals surface area contributed by atoms with E-state index in [0.29, 0.717) is 23.9 Å². The van der Waals surface area contributed by atoms with E-state index in [1.54, 1.807) is 32.6 Å². The molecule has 0 aromatic heterocycles. The van der Waals surface area contributed by atoms with Gasteiger partial charge in [-0.3, -0.25) is 4.79 Å². The number of carbonyl (C=O) groups excluding carboxylic acids is 1. The van der Waals surface area contributed by atoms with E-state index in [1.165, 1.54) is 0 Å². The van der Waals surface area contributed by atoms with Crippen LogP contribution in [-0.4, -0.2) is 26.3 Å². The molecule has 6 nitrogen and oxygen atoms in total. The van der Waals surface area contributed by atoms with Gasteiger partial charge in [-0.05, 0) is 41.5 Å². The van der Waals surface area contributed by atoms with E-state index in [2.05, 4.69) is 26.5 Å². The molecule has 0 aliphatic rings. The SMILES string of the molecule is COc1ccc(CC(=O)N/N=C/c2cc(Br)ccc2OCc2ccccc2)cc1OC. The van der Waals surface area contributed by atoms with Crippen molar-refractivity contribution >= 4 is 28.1 Å². The highest BCUT2D eigenvalue weighted by Crippen LogP contribution is 2.27. The molecule has 0 atom stereocenters. The standard InChI is InChI=1S/C24H23BrN2O4/c1-29-22-10-8-18(12-23(22)30-2)13-24(28)27-26-15-19-14-20(25)9-11-21(19)31-16-17-6-4-3-5-7-17/h3-12,14-15H,13,16H2,1-2H3,(H,27,28)/b26-15+. The molecule has 0 radical (unpaired) electrons. The van der Waals surface area contributed by atoms with Crippen molar-refractivity contribution in [3.05, 3.63) is 87.9 Å². The zero-order valence-corrected chi connectivity index (χ0v) is 18.9. The van der Waals surface area contributed by atoms with Crippen molar-refractivity contribution in [2.75, 3.05) is 14.2 Å². The molecule has 0 bridgehead atoms. The van der Waals surface area contributed by atoms with Crippen LogP contribution in [0.25, 0.3) is 0 Å². The molecule has 3 aromatic rings. The Morgan fingerprint density at radius 1 is 0.935 bits per heavy atom. The zero-order valence-electron chi connectivity index (χ0n) is 17.3. The summed E-state index contributed by atoms with van der Waals surface area (Å²) in [6.07, 6.45) is 1.73. The molecule has 3 rings (SSSR count). The average Bonchev–Trinajstić information content (AvgIpc) is 2.79. The first-order valence-corrected chi connectivity index (χ1v) is 10.4. The largest absolute Gasteiger partial charge is 0.493 e. The Balaban J connectivity index is 1.62. The van der Waals surface area contributed by atoms with Gasteiger partial charge in [0.1, 0.15) is 12.4 Å². The molecule has 3 aromatic carbocycles. The van der Waals surface area contributed by atoms with E-state index in [4.69, 9.17) is 14.2 Å². The number of hydrogen-bond acceptors (Lipinski definition) is 5. The molecule has 0 heterocycles. The predicted molar refractivity (Wildman–Crippen MR) is 124 cm³/mol. The number of nitrogens with one attached hydrogen (secondary N) is 1. The molecule has 7 heteroatoms. The monoisotopic (exact) mass is 482 g/mol. The van der Waals surface area contributed by atoms with Crippen LogP contribution in [-0.2, 0) is 17.8 Å².